The highest BCUT2D eigenvalue weighted by atomic mass is 35.5. The van der Waals surface area contributed by atoms with Gasteiger partial charge in [-0.15, -0.1) is 0 Å². The molecule has 1 amide bonds. The highest BCUT2D eigenvalue weighted by Gasteiger charge is 2.15. The maximum atomic E-state index is 12.2. The minimum atomic E-state index is -3.32. The first-order valence-electron chi connectivity index (χ1n) is 8.41. The van der Waals surface area contributed by atoms with Gasteiger partial charge >= 0.3 is 0 Å². The largest absolute Gasteiger partial charge is 0.352 e. The summed E-state index contributed by atoms with van der Waals surface area (Å²) in [6.45, 7) is 2.67. The molecule has 26 heavy (non-hydrogen) atoms. The molecule has 1 N–H and O–H groups in total. The fraction of sp³-hybridized carbons (Fsp3) is 0.316. The van der Waals surface area contributed by atoms with Crippen LogP contribution in [0.3, 0.4) is 0 Å². The van der Waals surface area contributed by atoms with Crippen molar-refractivity contribution in [3.05, 3.63) is 64.7 Å². The molecule has 0 aliphatic carbocycles. The van der Waals surface area contributed by atoms with Gasteiger partial charge in [0, 0.05) is 23.7 Å². The molecule has 0 spiro atoms. The zero-order valence-corrected chi connectivity index (χ0v) is 16.5. The number of benzene rings is 2. The normalized spacial score (nSPS) is 11.2. The number of nitrogens with zero attached hydrogens (tertiary/aromatic N) is 1. The van der Waals surface area contributed by atoms with E-state index in [-0.39, 0.29) is 5.91 Å². The van der Waals surface area contributed by atoms with Gasteiger partial charge in [-0.05, 0) is 61.7 Å². The van der Waals surface area contributed by atoms with Crippen LogP contribution < -0.4 is 9.62 Å². The van der Waals surface area contributed by atoms with Crippen molar-refractivity contribution in [3.8, 4) is 0 Å². The Morgan fingerprint density at radius 1 is 1.08 bits per heavy atom. The third kappa shape index (κ3) is 5.75. The summed E-state index contributed by atoms with van der Waals surface area (Å²) in [7, 11) is -3.32. The van der Waals surface area contributed by atoms with Gasteiger partial charge in [0.2, 0.25) is 10.0 Å². The summed E-state index contributed by atoms with van der Waals surface area (Å²) in [5.41, 5.74) is 2.23. The second-order valence-electron chi connectivity index (χ2n) is 5.96. The van der Waals surface area contributed by atoms with Crippen LogP contribution in [0.5, 0.6) is 0 Å². The summed E-state index contributed by atoms with van der Waals surface area (Å²) in [6.07, 6.45) is 2.84. The van der Waals surface area contributed by atoms with E-state index < -0.39 is 10.0 Å². The number of hydrogen-bond acceptors (Lipinski definition) is 3. The van der Waals surface area contributed by atoms with Gasteiger partial charge in [-0.1, -0.05) is 23.7 Å². The summed E-state index contributed by atoms with van der Waals surface area (Å²) in [5, 5.41) is 3.59. The van der Waals surface area contributed by atoms with Crippen LogP contribution in [0.15, 0.2) is 48.5 Å². The Balaban J connectivity index is 1.86. The quantitative estimate of drug-likeness (QED) is 0.697. The van der Waals surface area contributed by atoms with Crippen molar-refractivity contribution in [1.29, 1.82) is 0 Å². The molecule has 0 aliphatic heterocycles. The Labute approximate surface area is 160 Å². The van der Waals surface area contributed by atoms with E-state index in [9.17, 15) is 13.2 Å². The fourth-order valence-electron chi connectivity index (χ4n) is 2.64. The van der Waals surface area contributed by atoms with Crippen molar-refractivity contribution < 1.29 is 13.2 Å². The van der Waals surface area contributed by atoms with E-state index in [0.29, 0.717) is 29.4 Å². The summed E-state index contributed by atoms with van der Waals surface area (Å²) in [4.78, 5) is 12.2. The number of nitrogens with one attached hydrogen (secondary N) is 1. The number of halogens is 1. The number of carbonyl (C=O) groups is 1. The SMILES string of the molecule is CCN(c1ccc(C(=O)NCCCc2ccc(Cl)cc2)cc1)S(C)(=O)=O. The molecule has 0 unspecified atom stereocenters. The molecule has 2 aromatic carbocycles. The predicted octanol–water partition coefficient (Wildman–Crippen LogP) is 3.49. The van der Waals surface area contributed by atoms with Gasteiger partial charge in [-0.2, -0.15) is 0 Å². The Morgan fingerprint density at radius 3 is 2.23 bits per heavy atom. The van der Waals surface area contributed by atoms with Crippen LogP contribution in [0.1, 0.15) is 29.3 Å². The van der Waals surface area contributed by atoms with Crippen molar-refractivity contribution in [1.82, 2.24) is 5.32 Å². The smallest absolute Gasteiger partial charge is 0.251 e. The average Bonchev–Trinajstić information content (AvgIpc) is 2.60. The third-order valence-corrected chi connectivity index (χ3v) is 5.47. The van der Waals surface area contributed by atoms with Crippen LogP contribution in [-0.4, -0.2) is 33.7 Å². The van der Waals surface area contributed by atoms with E-state index >= 15 is 0 Å². The molecular formula is C19H23ClN2O3S. The first-order chi connectivity index (χ1) is 12.3. The molecule has 7 heteroatoms. The number of carbonyl (C=O) groups excluding carboxylic acids is 1. The molecule has 0 heterocycles. The molecule has 0 fully saturated rings. The monoisotopic (exact) mass is 394 g/mol. The Morgan fingerprint density at radius 2 is 1.69 bits per heavy atom. The lowest BCUT2D eigenvalue weighted by Crippen LogP contribution is -2.29. The zero-order valence-electron chi connectivity index (χ0n) is 14.9. The third-order valence-electron chi connectivity index (χ3n) is 3.95. The van der Waals surface area contributed by atoms with Crippen LogP contribution in [0, 0.1) is 0 Å². The summed E-state index contributed by atoms with van der Waals surface area (Å²) in [6, 6.07) is 14.2. The van der Waals surface area contributed by atoms with Gasteiger partial charge in [0.15, 0.2) is 0 Å². The standard InChI is InChI=1S/C19H23ClN2O3S/c1-3-22(26(2,24)25)18-12-8-16(9-13-18)19(23)21-14-4-5-15-6-10-17(20)11-7-15/h6-13H,3-5,14H2,1-2H3,(H,21,23). The molecular weight excluding hydrogens is 372 g/mol. The van der Waals surface area contributed by atoms with E-state index in [1.807, 2.05) is 24.3 Å². The lowest BCUT2D eigenvalue weighted by molar-refractivity contribution is 0.0953. The molecule has 0 atom stereocenters. The maximum Gasteiger partial charge on any atom is 0.251 e. The van der Waals surface area contributed by atoms with Gasteiger partial charge in [-0.3, -0.25) is 9.10 Å². The van der Waals surface area contributed by atoms with Gasteiger partial charge in [0.25, 0.3) is 5.91 Å². The van der Waals surface area contributed by atoms with Crippen molar-refractivity contribution in [2.75, 3.05) is 23.7 Å². The highest BCUT2D eigenvalue weighted by Crippen LogP contribution is 2.18. The summed E-state index contributed by atoms with van der Waals surface area (Å²) >= 11 is 5.85. The Bertz CT molecular complexity index is 834. The zero-order chi connectivity index (χ0) is 19.2. The molecule has 0 saturated heterocycles. The van der Waals surface area contributed by atoms with Gasteiger partial charge in [0.1, 0.15) is 0 Å². The molecule has 0 aromatic heterocycles. The topological polar surface area (TPSA) is 66.5 Å². The lowest BCUT2D eigenvalue weighted by Gasteiger charge is -2.20. The molecule has 0 radical (unpaired) electrons. The van der Waals surface area contributed by atoms with E-state index in [1.165, 1.54) is 9.87 Å². The number of hydrogen-bond donors (Lipinski definition) is 1. The van der Waals surface area contributed by atoms with E-state index in [0.717, 1.165) is 19.1 Å². The molecule has 0 aliphatic rings. The fourth-order valence-corrected chi connectivity index (χ4v) is 3.73. The average molecular weight is 395 g/mol. The van der Waals surface area contributed by atoms with Gasteiger partial charge in [-0.25, -0.2) is 8.42 Å². The molecule has 5 nitrogen and oxygen atoms in total. The van der Waals surface area contributed by atoms with E-state index in [2.05, 4.69) is 5.32 Å². The second kappa shape index (κ2) is 9.05. The maximum absolute atomic E-state index is 12.2. The van der Waals surface area contributed by atoms with Gasteiger partial charge in [0.05, 0.1) is 11.9 Å². The number of sulfonamides is 1. The van der Waals surface area contributed by atoms with Crippen LogP contribution >= 0.6 is 11.6 Å². The first kappa shape index (κ1) is 20.3. The highest BCUT2D eigenvalue weighted by molar-refractivity contribution is 7.92. The Hall–Kier alpha value is -2.05. The first-order valence-corrected chi connectivity index (χ1v) is 10.6. The van der Waals surface area contributed by atoms with Crippen molar-refractivity contribution in [3.63, 3.8) is 0 Å². The predicted molar refractivity (Wildman–Crippen MR) is 106 cm³/mol. The van der Waals surface area contributed by atoms with Crippen LogP contribution in [0.25, 0.3) is 0 Å². The minimum absolute atomic E-state index is 0.171. The molecule has 0 saturated carbocycles. The number of amides is 1. The number of rotatable bonds is 8. The van der Waals surface area contributed by atoms with E-state index in [4.69, 9.17) is 11.6 Å². The number of aryl methyl sites for hydroxylation is 1. The minimum Gasteiger partial charge on any atom is -0.352 e. The second-order valence-corrected chi connectivity index (χ2v) is 8.30. The van der Waals surface area contributed by atoms with E-state index in [1.54, 1.807) is 31.2 Å². The van der Waals surface area contributed by atoms with Crippen molar-refractivity contribution in [2.24, 2.45) is 0 Å². The summed E-state index contributed by atoms with van der Waals surface area (Å²) < 4.78 is 24.8. The number of anilines is 1. The van der Waals surface area contributed by atoms with Crippen LogP contribution in [0.2, 0.25) is 5.02 Å². The molecule has 2 rings (SSSR count). The van der Waals surface area contributed by atoms with Crippen LogP contribution in [0.4, 0.5) is 5.69 Å². The van der Waals surface area contributed by atoms with Crippen molar-refractivity contribution >= 4 is 33.2 Å². The van der Waals surface area contributed by atoms with Crippen molar-refractivity contribution in [2.45, 2.75) is 19.8 Å². The summed E-state index contributed by atoms with van der Waals surface area (Å²) in [5.74, 6) is -0.171. The molecule has 0 bridgehead atoms. The van der Waals surface area contributed by atoms with Gasteiger partial charge < -0.3 is 5.32 Å². The lowest BCUT2D eigenvalue weighted by atomic mass is 10.1. The van der Waals surface area contributed by atoms with Crippen LogP contribution in [-0.2, 0) is 16.4 Å². The molecule has 140 valence electrons. The Kier molecular flexibility index (Phi) is 7.06. The molecule has 2 aromatic rings.